The molecule has 0 aliphatic carbocycles. The van der Waals surface area contributed by atoms with Crippen LogP contribution in [0.1, 0.15) is 37.4 Å². The van der Waals surface area contributed by atoms with E-state index in [1.54, 1.807) is 23.7 Å². The standard InChI is InChI=1S/C27H28ClF4N3O3S/c1-38-16-2-3-23-18(12-16)24(19(28)15-33-23)20(29)4-5-27(26(36)34-37)6-8-35(9-7-27)10-11-39-17-13-21(30)25(32)22(31)14-17/h2-3,12-15,20,37H,4-11H2,1H3,(H,34,36)/t20-/m1/s1. The second-order valence-corrected chi connectivity index (χ2v) is 11.1. The molecule has 6 nitrogen and oxygen atoms in total. The first-order chi connectivity index (χ1) is 18.7. The summed E-state index contributed by atoms with van der Waals surface area (Å²) < 4.78 is 61.0. The first-order valence-corrected chi connectivity index (χ1v) is 13.7. The van der Waals surface area contributed by atoms with Gasteiger partial charge in [0.25, 0.3) is 0 Å². The van der Waals surface area contributed by atoms with Crippen LogP contribution in [0.25, 0.3) is 10.9 Å². The summed E-state index contributed by atoms with van der Waals surface area (Å²) in [6, 6.07) is 7.04. The molecular weight excluding hydrogens is 558 g/mol. The van der Waals surface area contributed by atoms with Gasteiger partial charge in [0.05, 0.1) is 23.1 Å². The molecule has 1 saturated heterocycles. The summed E-state index contributed by atoms with van der Waals surface area (Å²) in [6.45, 7) is 1.58. The Morgan fingerprint density at radius 2 is 1.92 bits per heavy atom. The Labute approximate surface area is 232 Å². The number of hydroxylamine groups is 1. The summed E-state index contributed by atoms with van der Waals surface area (Å²) in [7, 11) is 1.51. The van der Waals surface area contributed by atoms with E-state index in [1.165, 1.54) is 25.1 Å². The molecule has 0 bridgehead atoms. The minimum atomic E-state index is -1.50. The first-order valence-electron chi connectivity index (χ1n) is 12.4. The predicted octanol–water partition coefficient (Wildman–Crippen LogP) is 6.48. The van der Waals surface area contributed by atoms with Crippen molar-refractivity contribution in [2.24, 2.45) is 5.41 Å². The Balaban J connectivity index is 1.39. The maximum Gasteiger partial charge on any atom is 0.249 e. The summed E-state index contributed by atoms with van der Waals surface area (Å²) in [5, 5.41) is 10.1. The van der Waals surface area contributed by atoms with E-state index in [9.17, 15) is 23.2 Å². The fraction of sp³-hybridized carbons (Fsp3) is 0.407. The van der Waals surface area contributed by atoms with Crippen molar-refractivity contribution in [3.8, 4) is 5.75 Å². The van der Waals surface area contributed by atoms with Crippen LogP contribution in [0.4, 0.5) is 17.6 Å². The van der Waals surface area contributed by atoms with Gasteiger partial charge in [-0.25, -0.2) is 23.0 Å². The zero-order valence-electron chi connectivity index (χ0n) is 21.2. The molecule has 2 N–H and O–H groups in total. The predicted molar refractivity (Wildman–Crippen MR) is 141 cm³/mol. The molecule has 0 radical (unpaired) electrons. The number of hydrogen-bond donors (Lipinski definition) is 2. The van der Waals surface area contributed by atoms with Crippen LogP contribution >= 0.6 is 23.4 Å². The fourth-order valence-corrected chi connectivity index (χ4v) is 6.21. The molecule has 12 heteroatoms. The number of methoxy groups -OCH3 is 1. The number of piperidine rings is 1. The van der Waals surface area contributed by atoms with Crippen LogP contribution in [0.2, 0.25) is 5.02 Å². The topological polar surface area (TPSA) is 74.7 Å². The number of pyridine rings is 1. The van der Waals surface area contributed by atoms with Gasteiger partial charge in [0.15, 0.2) is 17.5 Å². The van der Waals surface area contributed by atoms with Gasteiger partial charge in [0.1, 0.15) is 11.9 Å². The molecule has 1 aromatic heterocycles. The van der Waals surface area contributed by atoms with E-state index in [2.05, 4.69) is 9.88 Å². The molecule has 2 heterocycles. The molecule has 1 atom stereocenters. The van der Waals surface area contributed by atoms with E-state index in [0.717, 1.165) is 12.1 Å². The van der Waals surface area contributed by atoms with Gasteiger partial charge in [-0.3, -0.25) is 15.0 Å². The number of amides is 1. The Morgan fingerprint density at radius 1 is 1.23 bits per heavy atom. The number of halogens is 5. The van der Waals surface area contributed by atoms with Crippen LogP contribution in [0.3, 0.4) is 0 Å². The fourth-order valence-electron chi connectivity index (χ4n) is 4.98. The number of nitrogens with one attached hydrogen (secondary N) is 1. The van der Waals surface area contributed by atoms with E-state index in [0.29, 0.717) is 54.9 Å². The number of carbonyl (C=O) groups is 1. The average Bonchev–Trinajstić information content (AvgIpc) is 2.94. The molecule has 3 aromatic rings. The molecule has 39 heavy (non-hydrogen) atoms. The van der Waals surface area contributed by atoms with E-state index in [-0.39, 0.29) is 28.3 Å². The smallest absolute Gasteiger partial charge is 0.249 e. The Hall–Kier alpha value is -2.60. The van der Waals surface area contributed by atoms with Crippen LogP contribution < -0.4 is 10.2 Å². The molecule has 1 aliphatic heterocycles. The highest BCUT2D eigenvalue weighted by Gasteiger charge is 2.41. The van der Waals surface area contributed by atoms with Crippen molar-refractivity contribution < 1.29 is 32.3 Å². The highest BCUT2D eigenvalue weighted by molar-refractivity contribution is 7.99. The van der Waals surface area contributed by atoms with Crippen molar-refractivity contribution in [3.05, 3.63) is 64.6 Å². The zero-order valence-corrected chi connectivity index (χ0v) is 22.7. The van der Waals surface area contributed by atoms with Gasteiger partial charge in [-0.15, -0.1) is 11.8 Å². The van der Waals surface area contributed by atoms with Crippen molar-refractivity contribution in [2.45, 2.75) is 36.8 Å². The quantitative estimate of drug-likeness (QED) is 0.0932. The molecule has 1 aliphatic rings. The van der Waals surface area contributed by atoms with Crippen molar-refractivity contribution in [2.75, 3.05) is 32.5 Å². The third-order valence-electron chi connectivity index (χ3n) is 7.29. The molecule has 0 saturated carbocycles. The number of ether oxygens (including phenoxy) is 1. The molecule has 4 rings (SSSR count). The normalized spacial score (nSPS) is 16.3. The summed E-state index contributed by atoms with van der Waals surface area (Å²) in [5.74, 6) is -3.50. The van der Waals surface area contributed by atoms with E-state index >= 15 is 4.39 Å². The third kappa shape index (κ3) is 6.59. The van der Waals surface area contributed by atoms with Gasteiger partial charge in [0.2, 0.25) is 5.91 Å². The van der Waals surface area contributed by atoms with E-state index in [1.807, 2.05) is 0 Å². The van der Waals surface area contributed by atoms with Crippen LogP contribution in [0.15, 0.2) is 41.4 Å². The zero-order chi connectivity index (χ0) is 28.2. The maximum absolute atomic E-state index is 15.7. The number of rotatable bonds is 10. The highest BCUT2D eigenvalue weighted by Crippen LogP contribution is 2.42. The molecular formula is C27H28ClF4N3O3S. The number of carbonyl (C=O) groups excluding carboxylic acids is 1. The minimum absolute atomic E-state index is 0.00100. The number of benzene rings is 2. The van der Waals surface area contributed by atoms with Crippen molar-refractivity contribution in [1.82, 2.24) is 15.4 Å². The molecule has 0 spiro atoms. The minimum Gasteiger partial charge on any atom is -0.497 e. The number of aromatic nitrogens is 1. The maximum atomic E-state index is 15.7. The lowest BCUT2D eigenvalue weighted by molar-refractivity contribution is -0.143. The van der Waals surface area contributed by atoms with Crippen LogP contribution in [-0.2, 0) is 4.79 Å². The number of nitrogens with zero attached hydrogens (tertiary/aromatic N) is 2. The largest absolute Gasteiger partial charge is 0.497 e. The van der Waals surface area contributed by atoms with Gasteiger partial charge in [-0.1, -0.05) is 11.6 Å². The molecule has 210 valence electrons. The van der Waals surface area contributed by atoms with Crippen molar-refractivity contribution >= 4 is 40.2 Å². The van der Waals surface area contributed by atoms with Crippen molar-refractivity contribution in [3.63, 3.8) is 0 Å². The number of fused-ring (bicyclic) bond motifs is 1. The van der Waals surface area contributed by atoms with E-state index in [4.69, 9.17) is 16.3 Å². The number of alkyl halides is 1. The van der Waals surface area contributed by atoms with Gasteiger partial charge >= 0.3 is 0 Å². The third-order valence-corrected chi connectivity index (χ3v) is 8.54. The van der Waals surface area contributed by atoms with Gasteiger partial charge in [-0.05, 0) is 69.1 Å². The molecule has 2 aromatic carbocycles. The second kappa shape index (κ2) is 12.7. The van der Waals surface area contributed by atoms with Crippen LogP contribution in [-0.4, -0.2) is 53.5 Å². The average molecular weight is 586 g/mol. The molecule has 1 amide bonds. The lowest BCUT2D eigenvalue weighted by Gasteiger charge is -2.40. The number of thioether (sulfide) groups is 1. The summed E-state index contributed by atoms with van der Waals surface area (Å²) in [5.41, 5.74) is 1.63. The van der Waals surface area contributed by atoms with Crippen molar-refractivity contribution in [1.29, 1.82) is 0 Å². The van der Waals surface area contributed by atoms with Gasteiger partial charge < -0.3 is 9.64 Å². The van der Waals surface area contributed by atoms with Crippen LogP contribution in [0, 0.1) is 22.9 Å². The second-order valence-electron chi connectivity index (χ2n) is 9.52. The Morgan fingerprint density at radius 3 is 2.56 bits per heavy atom. The lowest BCUT2D eigenvalue weighted by Crippen LogP contribution is -2.48. The SMILES string of the molecule is COc1ccc2ncc(Cl)c([C@H](F)CCC3(C(=O)NO)CCN(CCSc4cc(F)c(F)c(F)c4)CC3)c2c1. The molecule has 1 fully saturated rings. The Kier molecular flexibility index (Phi) is 9.58. The first kappa shape index (κ1) is 29.4. The van der Waals surface area contributed by atoms with E-state index < -0.39 is 34.9 Å². The molecule has 0 unspecified atom stereocenters. The number of hydrogen-bond acceptors (Lipinski definition) is 6. The monoisotopic (exact) mass is 585 g/mol. The number of likely N-dealkylation sites (tertiary alicyclic amines) is 1. The summed E-state index contributed by atoms with van der Waals surface area (Å²) >= 11 is 7.54. The highest BCUT2D eigenvalue weighted by atomic mass is 35.5. The Bertz CT molecular complexity index is 1320. The van der Waals surface area contributed by atoms with Gasteiger partial charge in [-0.2, -0.15) is 0 Å². The summed E-state index contributed by atoms with van der Waals surface area (Å²) in [4.78, 5) is 19.4. The van der Waals surface area contributed by atoms with Crippen LogP contribution in [0.5, 0.6) is 5.75 Å². The lowest BCUT2D eigenvalue weighted by atomic mass is 9.73. The van der Waals surface area contributed by atoms with Gasteiger partial charge in [0, 0.05) is 34.3 Å². The summed E-state index contributed by atoms with van der Waals surface area (Å²) in [6.07, 6.45) is 0.872.